The summed E-state index contributed by atoms with van der Waals surface area (Å²) < 4.78 is 24.8. The Labute approximate surface area is 167 Å². The maximum Gasteiger partial charge on any atom is 0.179 e. The molecule has 0 saturated heterocycles. The number of hydrogen-bond donors (Lipinski definition) is 2. The molecule has 0 saturated carbocycles. The number of hydrogen-bond acceptors (Lipinski definition) is 6. The second kappa shape index (κ2) is 6.19. The minimum Gasteiger partial charge on any atom is -0.507 e. The molecule has 0 radical (unpaired) electrons. The standard InChI is InChI=1S/C22H15N3O3S/c23-11-13-12-24-18-7-8-20-16(9-10-29(20,27)28)21(18)22(13)25-17-5-1-4-15-14(17)3-2-6-19(15)26/h1-8,12,26H,9-10H2,(H,24,25). The van der Waals surface area contributed by atoms with Crippen LogP contribution in [0.4, 0.5) is 11.4 Å². The Morgan fingerprint density at radius 1 is 1.07 bits per heavy atom. The third kappa shape index (κ3) is 2.61. The fraction of sp³-hybridized carbons (Fsp3) is 0.0909. The van der Waals surface area contributed by atoms with Crippen LogP contribution in [0.5, 0.6) is 5.75 Å². The minimum atomic E-state index is -3.32. The summed E-state index contributed by atoms with van der Waals surface area (Å²) in [6.07, 6.45) is 1.87. The van der Waals surface area contributed by atoms with Gasteiger partial charge in [0.1, 0.15) is 11.8 Å². The molecular formula is C22H15N3O3S. The molecule has 4 aromatic rings. The fourth-order valence-electron chi connectivity index (χ4n) is 3.97. The van der Waals surface area contributed by atoms with Gasteiger partial charge in [-0.2, -0.15) is 5.26 Å². The predicted molar refractivity (Wildman–Crippen MR) is 111 cm³/mol. The number of rotatable bonds is 2. The average Bonchev–Trinajstić information content (AvgIpc) is 3.03. The number of benzene rings is 3. The van der Waals surface area contributed by atoms with Gasteiger partial charge in [0.05, 0.1) is 27.4 Å². The summed E-state index contributed by atoms with van der Waals surface area (Å²) in [7, 11) is -3.32. The molecule has 0 fully saturated rings. The predicted octanol–water partition coefficient (Wildman–Crippen LogP) is 4.04. The van der Waals surface area contributed by atoms with Crippen molar-refractivity contribution < 1.29 is 13.5 Å². The van der Waals surface area contributed by atoms with Crippen LogP contribution in [-0.4, -0.2) is 24.3 Å². The summed E-state index contributed by atoms with van der Waals surface area (Å²) in [5, 5.41) is 25.3. The molecule has 0 unspecified atom stereocenters. The van der Waals surface area contributed by atoms with Crippen molar-refractivity contribution in [1.29, 1.82) is 5.26 Å². The lowest BCUT2D eigenvalue weighted by Crippen LogP contribution is -2.01. The van der Waals surface area contributed by atoms with Crippen molar-refractivity contribution in [2.75, 3.05) is 11.1 Å². The lowest BCUT2D eigenvalue weighted by atomic mass is 10.0. The van der Waals surface area contributed by atoms with Crippen molar-refractivity contribution in [3.8, 4) is 11.8 Å². The van der Waals surface area contributed by atoms with Crippen LogP contribution in [0.2, 0.25) is 0 Å². The number of pyridine rings is 1. The highest BCUT2D eigenvalue weighted by molar-refractivity contribution is 7.91. The highest BCUT2D eigenvalue weighted by Gasteiger charge is 2.29. The molecule has 0 spiro atoms. The molecule has 142 valence electrons. The van der Waals surface area contributed by atoms with E-state index in [2.05, 4.69) is 16.4 Å². The number of nitriles is 1. The molecule has 0 atom stereocenters. The molecule has 2 N–H and O–H groups in total. The van der Waals surface area contributed by atoms with E-state index in [1.807, 2.05) is 24.3 Å². The third-order valence-electron chi connectivity index (χ3n) is 5.34. The Bertz CT molecular complexity index is 1470. The van der Waals surface area contributed by atoms with E-state index in [4.69, 9.17) is 0 Å². The Morgan fingerprint density at radius 3 is 2.69 bits per heavy atom. The lowest BCUT2D eigenvalue weighted by Gasteiger charge is -2.16. The van der Waals surface area contributed by atoms with Gasteiger partial charge in [-0.05, 0) is 36.2 Å². The van der Waals surface area contributed by atoms with Gasteiger partial charge in [0.15, 0.2) is 9.84 Å². The summed E-state index contributed by atoms with van der Waals surface area (Å²) in [6, 6.07) is 16.2. The van der Waals surface area contributed by atoms with Gasteiger partial charge in [0.2, 0.25) is 0 Å². The minimum absolute atomic E-state index is 0.0554. The number of aryl methyl sites for hydroxylation is 1. The zero-order valence-corrected chi connectivity index (χ0v) is 16.0. The number of nitrogens with one attached hydrogen (secondary N) is 1. The van der Waals surface area contributed by atoms with Crippen LogP contribution in [0.3, 0.4) is 0 Å². The quantitative estimate of drug-likeness (QED) is 0.525. The highest BCUT2D eigenvalue weighted by Crippen LogP contribution is 2.39. The van der Waals surface area contributed by atoms with Crippen LogP contribution in [-0.2, 0) is 16.3 Å². The molecule has 0 bridgehead atoms. The monoisotopic (exact) mass is 401 g/mol. The number of sulfone groups is 1. The summed E-state index contributed by atoms with van der Waals surface area (Å²) in [6.45, 7) is 0. The smallest absolute Gasteiger partial charge is 0.179 e. The van der Waals surface area contributed by atoms with Gasteiger partial charge in [-0.1, -0.05) is 24.3 Å². The van der Waals surface area contributed by atoms with Gasteiger partial charge in [0.25, 0.3) is 0 Å². The van der Waals surface area contributed by atoms with E-state index >= 15 is 0 Å². The van der Waals surface area contributed by atoms with Crippen molar-refractivity contribution >= 4 is 42.9 Å². The first-order chi connectivity index (χ1) is 14.0. The number of anilines is 2. The molecule has 6 nitrogen and oxygen atoms in total. The molecule has 5 rings (SSSR count). The SMILES string of the molecule is N#Cc1cnc2ccc3c(c2c1Nc1cccc2c(O)cccc12)CCS3(=O)=O. The van der Waals surface area contributed by atoms with Gasteiger partial charge in [-0.15, -0.1) is 0 Å². The number of phenols is 1. The van der Waals surface area contributed by atoms with E-state index in [0.29, 0.717) is 50.1 Å². The van der Waals surface area contributed by atoms with E-state index < -0.39 is 9.84 Å². The molecule has 1 aliphatic rings. The largest absolute Gasteiger partial charge is 0.507 e. The van der Waals surface area contributed by atoms with Crippen molar-refractivity contribution in [2.45, 2.75) is 11.3 Å². The van der Waals surface area contributed by atoms with Crippen LogP contribution >= 0.6 is 0 Å². The molecule has 0 amide bonds. The first-order valence-electron chi connectivity index (χ1n) is 9.05. The molecule has 7 heteroatoms. The van der Waals surface area contributed by atoms with Crippen LogP contribution in [0.15, 0.2) is 59.6 Å². The average molecular weight is 401 g/mol. The summed E-state index contributed by atoms with van der Waals surface area (Å²) >= 11 is 0. The summed E-state index contributed by atoms with van der Waals surface area (Å²) in [5.74, 6) is 0.220. The zero-order valence-electron chi connectivity index (χ0n) is 15.2. The number of nitrogens with zero attached hydrogens (tertiary/aromatic N) is 2. The van der Waals surface area contributed by atoms with Gasteiger partial charge in [-0.25, -0.2) is 8.42 Å². The van der Waals surface area contributed by atoms with E-state index in [1.54, 1.807) is 24.3 Å². The lowest BCUT2D eigenvalue weighted by molar-refractivity contribution is 0.481. The first-order valence-corrected chi connectivity index (χ1v) is 10.7. The molecule has 2 heterocycles. The molecule has 0 aliphatic carbocycles. The topological polar surface area (TPSA) is 103 Å². The molecule has 1 aromatic heterocycles. The van der Waals surface area contributed by atoms with Crippen molar-refractivity contribution in [3.05, 3.63) is 65.9 Å². The highest BCUT2D eigenvalue weighted by atomic mass is 32.2. The maximum atomic E-state index is 12.4. The number of aromatic nitrogens is 1. The van der Waals surface area contributed by atoms with E-state index in [9.17, 15) is 18.8 Å². The zero-order chi connectivity index (χ0) is 20.2. The van der Waals surface area contributed by atoms with Gasteiger partial charge in [-0.3, -0.25) is 4.98 Å². The van der Waals surface area contributed by atoms with Crippen LogP contribution in [0.1, 0.15) is 11.1 Å². The Hall–Kier alpha value is -3.63. The maximum absolute atomic E-state index is 12.4. The van der Waals surface area contributed by atoms with Crippen molar-refractivity contribution in [3.63, 3.8) is 0 Å². The molecular weight excluding hydrogens is 386 g/mol. The fourth-order valence-corrected chi connectivity index (χ4v) is 5.52. The van der Waals surface area contributed by atoms with Crippen LogP contribution in [0.25, 0.3) is 21.7 Å². The molecule has 3 aromatic carbocycles. The third-order valence-corrected chi connectivity index (χ3v) is 7.13. The normalized spacial score (nSPS) is 14.6. The van der Waals surface area contributed by atoms with E-state index in [-0.39, 0.29) is 11.5 Å². The molecule has 29 heavy (non-hydrogen) atoms. The number of fused-ring (bicyclic) bond motifs is 4. The first kappa shape index (κ1) is 17.5. The number of aromatic hydroxyl groups is 1. The van der Waals surface area contributed by atoms with Gasteiger partial charge >= 0.3 is 0 Å². The van der Waals surface area contributed by atoms with Crippen LogP contribution < -0.4 is 5.32 Å². The Kier molecular flexibility index (Phi) is 3.73. The van der Waals surface area contributed by atoms with E-state index in [0.717, 1.165) is 5.39 Å². The molecule has 1 aliphatic heterocycles. The van der Waals surface area contributed by atoms with Crippen LogP contribution in [0, 0.1) is 11.3 Å². The van der Waals surface area contributed by atoms with Crippen molar-refractivity contribution in [1.82, 2.24) is 4.98 Å². The van der Waals surface area contributed by atoms with Crippen molar-refractivity contribution in [2.24, 2.45) is 0 Å². The summed E-state index contributed by atoms with van der Waals surface area (Å²) in [5.41, 5.74) is 2.89. The van der Waals surface area contributed by atoms with E-state index in [1.165, 1.54) is 6.20 Å². The Morgan fingerprint density at radius 2 is 1.86 bits per heavy atom. The second-order valence-corrected chi connectivity index (χ2v) is 9.04. The number of phenolic OH excluding ortho intramolecular Hbond substituents is 1. The van der Waals surface area contributed by atoms with Gasteiger partial charge in [0, 0.05) is 28.0 Å². The summed E-state index contributed by atoms with van der Waals surface area (Å²) in [4.78, 5) is 4.66. The second-order valence-electron chi connectivity index (χ2n) is 6.97. The van der Waals surface area contributed by atoms with Gasteiger partial charge < -0.3 is 10.4 Å². The Balaban J connectivity index is 1.81.